The number of amides is 2. The Labute approximate surface area is 132 Å². The van der Waals surface area contributed by atoms with Crippen LogP contribution < -0.4 is 15.4 Å². The molecule has 1 aliphatic heterocycles. The van der Waals surface area contributed by atoms with Crippen LogP contribution in [-0.4, -0.2) is 17.6 Å². The highest BCUT2D eigenvalue weighted by atomic mass is 16.6. The number of carbonyl (C=O) groups excluding carboxylic acids is 1. The molecule has 7 nitrogen and oxygen atoms in total. The van der Waals surface area contributed by atoms with E-state index >= 15 is 0 Å². The maximum Gasteiger partial charge on any atom is 0.319 e. The lowest BCUT2D eigenvalue weighted by Gasteiger charge is -2.26. The van der Waals surface area contributed by atoms with Gasteiger partial charge in [0.05, 0.1) is 17.6 Å². The van der Waals surface area contributed by atoms with Gasteiger partial charge in [-0.2, -0.15) is 0 Å². The molecule has 0 bridgehead atoms. The zero-order chi connectivity index (χ0) is 16.2. The number of benzene rings is 2. The number of nitro groups is 1. The Morgan fingerprint density at radius 2 is 1.91 bits per heavy atom. The molecule has 0 aliphatic carbocycles. The molecule has 0 saturated heterocycles. The van der Waals surface area contributed by atoms with E-state index in [1.165, 1.54) is 24.3 Å². The van der Waals surface area contributed by atoms with Crippen molar-refractivity contribution in [3.63, 3.8) is 0 Å². The van der Waals surface area contributed by atoms with Crippen LogP contribution in [-0.2, 0) is 0 Å². The first-order chi connectivity index (χ1) is 11.1. The number of hydrogen-bond acceptors (Lipinski definition) is 4. The van der Waals surface area contributed by atoms with Crippen molar-refractivity contribution in [3.05, 3.63) is 64.2 Å². The van der Waals surface area contributed by atoms with Gasteiger partial charge in [0.2, 0.25) is 0 Å². The van der Waals surface area contributed by atoms with Gasteiger partial charge in [0, 0.05) is 29.8 Å². The monoisotopic (exact) mass is 313 g/mol. The molecule has 2 aromatic carbocycles. The lowest BCUT2D eigenvalue weighted by Crippen LogP contribution is -2.35. The van der Waals surface area contributed by atoms with Crippen molar-refractivity contribution in [2.75, 3.05) is 11.9 Å². The molecule has 23 heavy (non-hydrogen) atoms. The number of para-hydroxylation sites is 1. The number of rotatable bonds is 3. The summed E-state index contributed by atoms with van der Waals surface area (Å²) >= 11 is 0. The highest BCUT2D eigenvalue weighted by molar-refractivity contribution is 5.89. The van der Waals surface area contributed by atoms with Crippen LogP contribution in [0.1, 0.15) is 18.0 Å². The molecule has 0 unspecified atom stereocenters. The number of urea groups is 1. The fourth-order valence-electron chi connectivity index (χ4n) is 2.48. The van der Waals surface area contributed by atoms with Crippen LogP contribution in [0.15, 0.2) is 48.5 Å². The van der Waals surface area contributed by atoms with Gasteiger partial charge in [-0.1, -0.05) is 18.2 Å². The van der Waals surface area contributed by atoms with Gasteiger partial charge in [0.1, 0.15) is 5.75 Å². The molecule has 118 valence electrons. The standard InChI is InChI=1S/C16H15N3O4/c20-16(17-11-5-7-12(8-6-11)19(21)22)18-14-9-10-23-15-4-2-1-3-13(14)15/h1-8,14H,9-10H2,(H2,17,18,20)/t14-/m0/s1. The summed E-state index contributed by atoms with van der Waals surface area (Å²) in [7, 11) is 0. The summed E-state index contributed by atoms with van der Waals surface area (Å²) in [4.78, 5) is 22.2. The van der Waals surface area contributed by atoms with Gasteiger partial charge >= 0.3 is 6.03 Å². The molecule has 1 atom stereocenters. The largest absolute Gasteiger partial charge is 0.493 e. The van der Waals surface area contributed by atoms with Crippen LogP contribution in [0.5, 0.6) is 5.75 Å². The lowest BCUT2D eigenvalue weighted by atomic mass is 10.0. The summed E-state index contributed by atoms with van der Waals surface area (Å²) in [6, 6.07) is 12.8. The van der Waals surface area contributed by atoms with Gasteiger partial charge in [0.15, 0.2) is 0 Å². The smallest absolute Gasteiger partial charge is 0.319 e. The van der Waals surface area contributed by atoms with Crippen LogP contribution >= 0.6 is 0 Å². The summed E-state index contributed by atoms with van der Waals surface area (Å²) < 4.78 is 5.55. The molecule has 7 heteroatoms. The van der Waals surface area contributed by atoms with Gasteiger partial charge in [-0.15, -0.1) is 0 Å². The Kier molecular flexibility index (Phi) is 4.09. The van der Waals surface area contributed by atoms with Gasteiger partial charge in [-0.3, -0.25) is 10.1 Å². The van der Waals surface area contributed by atoms with E-state index in [4.69, 9.17) is 4.74 Å². The van der Waals surface area contributed by atoms with E-state index in [-0.39, 0.29) is 17.8 Å². The minimum absolute atomic E-state index is 0.0192. The topological polar surface area (TPSA) is 93.5 Å². The molecule has 1 aliphatic rings. The minimum Gasteiger partial charge on any atom is -0.493 e. The van der Waals surface area contributed by atoms with Crippen molar-refractivity contribution >= 4 is 17.4 Å². The average molecular weight is 313 g/mol. The van der Waals surface area contributed by atoms with Crippen molar-refractivity contribution in [3.8, 4) is 5.75 Å². The van der Waals surface area contributed by atoms with Gasteiger partial charge < -0.3 is 15.4 Å². The Morgan fingerprint density at radius 3 is 2.65 bits per heavy atom. The number of fused-ring (bicyclic) bond motifs is 1. The van der Waals surface area contributed by atoms with E-state index in [1.807, 2.05) is 24.3 Å². The SMILES string of the molecule is O=C(Nc1ccc([N+](=O)[O-])cc1)N[C@H]1CCOc2ccccc21. The first-order valence-electron chi connectivity index (χ1n) is 7.17. The third-order valence-electron chi connectivity index (χ3n) is 3.60. The molecule has 2 N–H and O–H groups in total. The highest BCUT2D eigenvalue weighted by Gasteiger charge is 2.22. The predicted octanol–water partition coefficient (Wildman–Crippen LogP) is 3.24. The van der Waals surface area contributed by atoms with E-state index in [0.29, 0.717) is 18.7 Å². The number of ether oxygens (including phenoxy) is 1. The second-order valence-electron chi connectivity index (χ2n) is 5.13. The highest BCUT2D eigenvalue weighted by Crippen LogP contribution is 2.31. The van der Waals surface area contributed by atoms with Crippen molar-refractivity contribution in [2.45, 2.75) is 12.5 Å². The van der Waals surface area contributed by atoms with E-state index in [0.717, 1.165) is 11.3 Å². The van der Waals surface area contributed by atoms with Gasteiger partial charge in [0.25, 0.3) is 5.69 Å². The summed E-state index contributed by atoms with van der Waals surface area (Å²) in [5.74, 6) is 0.777. The van der Waals surface area contributed by atoms with Crippen molar-refractivity contribution in [2.24, 2.45) is 0 Å². The molecule has 0 saturated carbocycles. The Hall–Kier alpha value is -3.09. The Morgan fingerprint density at radius 1 is 1.17 bits per heavy atom. The molecule has 2 aromatic rings. The number of anilines is 1. The number of nitrogens with zero attached hydrogens (tertiary/aromatic N) is 1. The maximum atomic E-state index is 12.1. The van der Waals surface area contributed by atoms with E-state index in [2.05, 4.69) is 10.6 Å². The number of hydrogen-bond donors (Lipinski definition) is 2. The minimum atomic E-state index is -0.483. The Balaban J connectivity index is 1.65. The molecule has 2 amide bonds. The number of carbonyl (C=O) groups is 1. The normalized spacial score (nSPS) is 15.9. The second-order valence-corrected chi connectivity index (χ2v) is 5.13. The van der Waals surface area contributed by atoms with Gasteiger partial charge in [-0.25, -0.2) is 4.79 Å². The van der Waals surface area contributed by atoms with Crippen molar-refractivity contribution < 1.29 is 14.5 Å². The second kappa shape index (κ2) is 6.35. The quantitative estimate of drug-likeness (QED) is 0.672. The van der Waals surface area contributed by atoms with Crippen LogP contribution in [0.2, 0.25) is 0 Å². The zero-order valence-electron chi connectivity index (χ0n) is 12.2. The third kappa shape index (κ3) is 3.39. The van der Waals surface area contributed by atoms with Crippen LogP contribution in [0, 0.1) is 10.1 Å². The summed E-state index contributed by atoms with van der Waals surface area (Å²) in [5, 5.41) is 16.2. The molecule has 1 heterocycles. The predicted molar refractivity (Wildman–Crippen MR) is 84.5 cm³/mol. The first kappa shape index (κ1) is 14.8. The van der Waals surface area contributed by atoms with Gasteiger partial charge in [-0.05, 0) is 18.2 Å². The van der Waals surface area contributed by atoms with Crippen molar-refractivity contribution in [1.82, 2.24) is 5.32 Å². The summed E-state index contributed by atoms with van der Waals surface area (Å²) in [6.45, 7) is 0.541. The maximum absolute atomic E-state index is 12.1. The lowest BCUT2D eigenvalue weighted by molar-refractivity contribution is -0.384. The van der Waals surface area contributed by atoms with E-state index in [9.17, 15) is 14.9 Å². The van der Waals surface area contributed by atoms with Crippen LogP contribution in [0.4, 0.5) is 16.2 Å². The molecule has 0 spiro atoms. The molecule has 0 radical (unpaired) electrons. The number of non-ortho nitro benzene ring substituents is 1. The number of nitro benzene ring substituents is 1. The Bertz CT molecular complexity index is 730. The molecule has 3 rings (SSSR count). The average Bonchev–Trinajstić information content (AvgIpc) is 2.55. The molecule has 0 aromatic heterocycles. The zero-order valence-corrected chi connectivity index (χ0v) is 12.2. The third-order valence-corrected chi connectivity index (χ3v) is 3.60. The molecular weight excluding hydrogens is 298 g/mol. The fraction of sp³-hybridized carbons (Fsp3) is 0.188. The molecule has 0 fully saturated rings. The molecular formula is C16H15N3O4. The van der Waals surface area contributed by atoms with Crippen LogP contribution in [0.25, 0.3) is 0 Å². The summed E-state index contributed by atoms with van der Waals surface area (Å²) in [5.41, 5.74) is 1.42. The number of nitrogens with one attached hydrogen (secondary N) is 2. The summed E-state index contributed by atoms with van der Waals surface area (Å²) in [6.07, 6.45) is 0.685. The fourth-order valence-corrected chi connectivity index (χ4v) is 2.48. The van der Waals surface area contributed by atoms with Crippen LogP contribution in [0.3, 0.4) is 0 Å². The van der Waals surface area contributed by atoms with Crippen molar-refractivity contribution in [1.29, 1.82) is 0 Å². The van der Waals surface area contributed by atoms with E-state index < -0.39 is 4.92 Å². The van der Waals surface area contributed by atoms with E-state index in [1.54, 1.807) is 0 Å². The first-order valence-corrected chi connectivity index (χ1v) is 7.17.